The maximum atomic E-state index is 12.7. The molecule has 1 aliphatic rings. The summed E-state index contributed by atoms with van der Waals surface area (Å²) in [7, 11) is 0. The average Bonchev–Trinajstić information content (AvgIpc) is 3.02. The molecular weight excluding hydrogens is 306 g/mol. The van der Waals surface area contributed by atoms with Crippen molar-refractivity contribution in [3.05, 3.63) is 52.8 Å². The van der Waals surface area contributed by atoms with Gasteiger partial charge in [0.25, 0.3) is 5.91 Å². The molecule has 1 amide bonds. The van der Waals surface area contributed by atoms with Crippen LogP contribution in [-0.2, 0) is 5.75 Å². The van der Waals surface area contributed by atoms with E-state index in [1.807, 2.05) is 24.0 Å². The Balaban J connectivity index is 1.69. The number of aromatic nitrogens is 2. The van der Waals surface area contributed by atoms with Crippen molar-refractivity contribution in [1.82, 2.24) is 15.1 Å². The second-order valence-electron chi connectivity index (χ2n) is 6.20. The number of likely N-dealkylation sites (tertiary alicyclic amines) is 1. The van der Waals surface area contributed by atoms with Crippen LogP contribution in [0.15, 0.2) is 30.3 Å². The van der Waals surface area contributed by atoms with E-state index in [0.29, 0.717) is 5.92 Å². The standard InChI is InChI=1S/C18H23N3OS/c1-13-10-17(20-19-13)16-4-3-9-21(11-16)18(22)15-7-5-14(6-8-15)12-23-2/h5-8,10,16H,3-4,9,11-12H2,1-2H3,(H,19,20)/t16-/m1/s1. The quantitative estimate of drug-likeness (QED) is 0.932. The Morgan fingerprint density at radius 2 is 2.17 bits per heavy atom. The lowest BCUT2D eigenvalue weighted by atomic mass is 9.94. The van der Waals surface area contributed by atoms with Gasteiger partial charge in [-0.3, -0.25) is 9.89 Å². The van der Waals surface area contributed by atoms with Crippen LogP contribution in [0.4, 0.5) is 0 Å². The zero-order valence-electron chi connectivity index (χ0n) is 13.7. The van der Waals surface area contributed by atoms with E-state index in [0.717, 1.165) is 48.6 Å². The van der Waals surface area contributed by atoms with Crippen LogP contribution >= 0.6 is 11.8 Å². The molecule has 23 heavy (non-hydrogen) atoms. The van der Waals surface area contributed by atoms with Gasteiger partial charge in [0.05, 0.1) is 5.69 Å². The molecule has 4 nitrogen and oxygen atoms in total. The summed E-state index contributed by atoms with van der Waals surface area (Å²) in [5, 5.41) is 7.38. The van der Waals surface area contributed by atoms with E-state index < -0.39 is 0 Å². The van der Waals surface area contributed by atoms with Crippen molar-refractivity contribution in [3.63, 3.8) is 0 Å². The van der Waals surface area contributed by atoms with Gasteiger partial charge in [-0.2, -0.15) is 16.9 Å². The van der Waals surface area contributed by atoms with Crippen LogP contribution in [0.1, 0.15) is 46.1 Å². The molecule has 0 aliphatic carbocycles. The first kappa shape index (κ1) is 16.1. The van der Waals surface area contributed by atoms with Crippen LogP contribution in [-0.4, -0.2) is 40.3 Å². The highest BCUT2D eigenvalue weighted by atomic mass is 32.2. The lowest BCUT2D eigenvalue weighted by Crippen LogP contribution is -2.39. The van der Waals surface area contributed by atoms with Crippen LogP contribution in [0.25, 0.3) is 0 Å². The van der Waals surface area contributed by atoms with Crippen molar-refractivity contribution in [2.24, 2.45) is 0 Å². The average molecular weight is 329 g/mol. The Bertz CT molecular complexity index is 665. The van der Waals surface area contributed by atoms with Crippen LogP contribution in [0.5, 0.6) is 0 Å². The minimum atomic E-state index is 0.137. The van der Waals surface area contributed by atoms with Crippen LogP contribution in [0.2, 0.25) is 0 Å². The molecule has 0 saturated carbocycles. The zero-order chi connectivity index (χ0) is 16.2. The number of hydrogen-bond acceptors (Lipinski definition) is 3. The highest BCUT2D eigenvalue weighted by Gasteiger charge is 2.26. The third-order valence-electron chi connectivity index (χ3n) is 4.36. The Labute approximate surface area is 141 Å². The molecule has 0 radical (unpaired) electrons. The molecule has 5 heteroatoms. The molecule has 0 bridgehead atoms. The summed E-state index contributed by atoms with van der Waals surface area (Å²) in [6.07, 6.45) is 4.22. The van der Waals surface area contributed by atoms with E-state index in [2.05, 4.69) is 34.7 Å². The number of carbonyl (C=O) groups is 1. The maximum absolute atomic E-state index is 12.7. The summed E-state index contributed by atoms with van der Waals surface area (Å²) < 4.78 is 0. The van der Waals surface area contributed by atoms with Crippen LogP contribution in [0, 0.1) is 6.92 Å². The predicted molar refractivity (Wildman–Crippen MR) is 94.9 cm³/mol. The topological polar surface area (TPSA) is 49.0 Å². The maximum Gasteiger partial charge on any atom is 0.253 e. The molecule has 3 rings (SSSR count). The number of aryl methyl sites for hydroxylation is 1. The van der Waals surface area contributed by atoms with Crippen molar-refractivity contribution in [1.29, 1.82) is 0 Å². The van der Waals surface area contributed by atoms with E-state index in [-0.39, 0.29) is 5.91 Å². The summed E-state index contributed by atoms with van der Waals surface area (Å²) in [6, 6.07) is 10.1. The van der Waals surface area contributed by atoms with Gasteiger partial charge in [-0.05, 0) is 49.8 Å². The minimum absolute atomic E-state index is 0.137. The fourth-order valence-electron chi connectivity index (χ4n) is 3.14. The van der Waals surface area contributed by atoms with Crippen molar-refractivity contribution >= 4 is 17.7 Å². The van der Waals surface area contributed by atoms with Crippen LogP contribution < -0.4 is 0 Å². The molecule has 0 unspecified atom stereocenters. The van der Waals surface area contributed by atoms with Gasteiger partial charge in [-0.15, -0.1) is 0 Å². The van der Waals surface area contributed by atoms with Crippen molar-refractivity contribution in [3.8, 4) is 0 Å². The van der Waals surface area contributed by atoms with Gasteiger partial charge in [0.1, 0.15) is 0 Å². The number of benzene rings is 1. The molecule has 1 aromatic carbocycles. The van der Waals surface area contributed by atoms with E-state index in [1.54, 1.807) is 11.8 Å². The van der Waals surface area contributed by atoms with Gasteiger partial charge in [0, 0.05) is 36.0 Å². The van der Waals surface area contributed by atoms with Gasteiger partial charge in [-0.1, -0.05) is 12.1 Å². The summed E-state index contributed by atoms with van der Waals surface area (Å²) in [5.74, 6) is 1.46. The number of piperidine rings is 1. The Kier molecular flexibility index (Phi) is 5.06. The van der Waals surface area contributed by atoms with Crippen LogP contribution in [0.3, 0.4) is 0 Å². The fraction of sp³-hybridized carbons (Fsp3) is 0.444. The number of aromatic amines is 1. The van der Waals surface area contributed by atoms with E-state index in [9.17, 15) is 4.79 Å². The molecule has 2 heterocycles. The number of rotatable bonds is 4. The number of hydrogen-bond donors (Lipinski definition) is 1. The van der Waals surface area contributed by atoms with E-state index in [1.165, 1.54) is 5.56 Å². The van der Waals surface area contributed by atoms with Gasteiger partial charge < -0.3 is 4.90 Å². The fourth-order valence-corrected chi connectivity index (χ4v) is 3.67. The van der Waals surface area contributed by atoms with E-state index >= 15 is 0 Å². The summed E-state index contributed by atoms with van der Waals surface area (Å²) in [4.78, 5) is 14.7. The Morgan fingerprint density at radius 1 is 1.39 bits per heavy atom. The van der Waals surface area contributed by atoms with Crippen molar-refractivity contribution in [2.45, 2.75) is 31.4 Å². The SMILES string of the molecule is CSCc1ccc(C(=O)N2CCC[C@@H](c3cc(C)[nH]n3)C2)cc1. The summed E-state index contributed by atoms with van der Waals surface area (Å²) in [5.41, 5.74) is 4.20. The Morgan fingerprint density at radius 3 is 2.83 bits per heavy atom. The summed E-state index contributed by atoms with van der Waals surface area (Å²) >= 11 is 1.79. The number of H-pyrrole nitrogens is 1. The molecule has 1 N–H and O–H groups in total. The Hall–Kier alpha value is -1.75. The van der Waals surface area contributed by atoms with Gasteiger partial charge in [0.15, 0.2) is 0 Å². The number of carbonyl (C=O) groups excluding carboxylic acids is 1. The molecule has 2 aromatic rings. The lowest BCUT2D eigenvalue weighted by molar-refractivity contribution is 0.0706. The monoisotopic (exact) mass is 329 g/mol. The molecule has 122 valence electrons. The number of nitrogens with zero attached hydrogens (tertiary/aromatic N) is 2. The lowest BCUT2D eigenvalue weighted by Gasteiger charge is -2.32. The van der Waals surface area contributed by atoms with Crippen molar-refractivity contribution < 1.29 is 4.79 Å². The van der Waals surface area contributed by atoms with Gasteiger partial charge in [-0.25, -0.2) is 0 Å². The highest BCUT2D eigenvalue weighted by molar-refractivity contribution is 7.97. The van der Waals surface area contributed by atoms with Crippen molar-refractivity contribution in [2.75, 3.05) is 19.3 Å². The molecule has 0 spiro atoms. The molecule has 1 fully saturated rings. The molecule has 1 aromatic heterocycles. The van der Waals surface area contributed by atoms with E-state index in [4.69, 9.17) is 0 Å². The van der Waals surface area contributed by atoms with Gasteiger partial charge >= 0.3 is 0 Å². The smallest absolute Gasteiger partial charge is 0.253 e. The number of nitrogens with one attached hydrogen (secondary N) is 1. The highest BCUT2D eigenvalue weighted by Crippen LogP contribution is 2.27. The minimum Gasteiger partial charge on any atom is -0.338 e. The van der Waals surface area contributed by atoms with Gasteiger partial charge in [0.2, 0.25) is 0 Å². The third-order valence-corrected chi connectivity index (χ3v) is 4.99. The summed E-state index contributed by atoms with van der Waals surface area (Å²) in [6.45, 7) is 3.61. The number of amides is 1. The first-order valence-electron chi connectivity index (χ1n) is 8.06. The first-order valence-corrected chi connectivity index (χ1v) is 9.46. The predicted octanol–water partition coefficient (Wildman–Crippen LogP) is 3.60. The second-order valence-corrected chi connectivity index (χ2v) is 7.06. The largest absolute Gasteiger partial charge is 0.338 e. The molecule has 1 saturated heterocycles. The third kappa shape index (κ3) is 3.78. The molecule has 1 aliphatic heterocycles. The second kappa shape index (κ2) is 7.21. The molecular formula is C18H23N3OS. The molecule has 1 atom stereocenters. The normalized spacial score (nSPS) is 18.2. The number of thioether (sulfide) groups is 1. The zero-order valence-corrected chi connectivity index (χ0v) is 14.5. The first-order chi connectivity index (χ1) is 11.2.